The van der Waals surface area contributed by atoms with E-state index in [0.29, 0.717) is 25.0 Å². The molecule has 1 aromatic heterocycles. The largest absolute Gasteiger partial charge is 0.460 e. The number of rotatable bonds is 22. The molecule has 0 bridgehead atoms. The molecule has 6 atom stereocenters. The zero-order valence-corrected chi connectivity index (χ0v) is 36.2. The van der Waals surface area contributed by atoms with Gasteiger partial charge in [0.1, 0.15) is 23.9 Å². The first-order valence-corrected chi connectivity index (χ1v) is 23.4. The standard InChI is InChI=1S/C48H55N3O8S2/c1-3-27-56-48-45(61-28-22-33-20-23-49-24-21-33)31-43(50-57-32-34-10-12-36(13-11-34)51(54)55)41-29-35(8-4-6-25-52)40(9-5-7-26-53)46(47(41)48)42-30-38(16-19-44(42)59-48)58-37-14-17-39(60-2)18-15-37/h3,10-21,23-24,29-30,35,40,45-47,52-53H,1,4-9,22,25-28,31-32H2,2H3/t35-,40+,45-,46+,47+,48+/m0/s1. The van der Waals surface area contributed by atoms with Gasteiger partial charge in [-0.05, 0) is 139 Å². The minimum absolute atomic E-state index is 0.0173. The summed E-state index contributed by atoms with van der Waals surface area (Å²) in [4.78, 5) is 22.4. The van der Waals surface area contributed by atoms with E-state index in [1.807, 2.05) is 60.6 Å². The average molecular weight is 866 g/mol. The highest BCUT2D eigenvalue weighted by Crippen LogP contribution is 2.62. The molecule has 4 aromatic rings. The van der Waals surface area contributed by atoms with Crippen LogP contribution in [0, 0.1) is 27.9 Å². The van der Waals surface area contributed by atoms with Crippen LogP contribution in [-0.4, -0.2) is 68.7 Å². The van der Waals surface area contributed by atoms with Crippen molar-refractivity contribution in [2.75, 3.05) is 31.8 Å². The summed E-state index contributed by atoms with van der Waals surface area (Å²) in [6.45, 7) is 4.72. The average Bonchev–Trinajstić information content (AvgIpc) is 3.28. The molecule has 0 saturated heterocycles. The van der Waals surface area contributed by atoms with Gasteiger partial charge in [-0.25, -0.2) is 0 Å². The van der Waals surface area contributed by atoms with Crippen molar-refractivity contribution in [3.05, 3.63) is 142 Å². The number of nitro benzene ring substituents is 1. The second-order valence-electron chi connectivity index (χ2n) is 15.7. The van der Waals surface area contributed by atoms with E-state index in [9.17, 15) is 20.3 Å². The van der Waals surface area contributed by atoms with Gasteiger partial charge in [0.2, 0.25) is 5.79 Å². The second kappa shape index (κ2) is 21.4. The number of hydrogen-bond acceptors (Lipinski definition) is 12. The molecule has 2 heterocycles. The third-order valence-electron chi connectivity index (χ3n) is 11.9. The Labute approximate surface area is 366 Å². The molecule has 1 aliphatic heterocycles. The highest BCUT2D eigenvalue weighted by molar-refractivity contribution is 8.00. The van der Waals surface area contributed by atoms with Crippen LogP contribution < -0.4 is 9.47 Å². The summed E-state index contributed by atoms with van der Waals surface area (Å²) in [5.41, 5.74) is 4.87. The van der Waals surface area contributed by atoms with Gasteiger partial charge in [0, 0.05) is 60.5 Å². The van der Waals surface area contributed by atoms with Crippen molar-refractivity contribution in [3.63, 3.8) is 0 Å². The van der Waals surface area contributed by atoms with Crippen LogP contribution in [0.2, 0.25) is 0 Å². The van der Waals surface area contributed by atoms with Crippen molar-refractivity contribution in [1.29, 1.82) is 0 Å². The molecule has 0 spiro atoms. The molecule has 61 heavy (non-hydrogen) atoms. The number of aliphatic hydroxyl groups excluding tert-OH is 2. The first kappa shape index (κ1) is 44.4. The number of nitrogens with zero attached hydrogens (tertiary/aromatic N) is 3. The monoisotopic (exact) mass is 865 g/mol. The summed E-state index contributed by atoms with van der Waals surface area (Å²) in [6.07, 6.45) is 16.0. The molecule has 322 valence electrons. The minimum Gasteiger partial charge on any atom is -0.460 e. The van der Waals surface area contributed by atoms with Crippen LogP contribution >= 0.6 is 23.5 Å². The molecule has 11 nitrogen and oxygen atoms in total. The van der Waals surface area contributed by atoms with E-state index in [-0.39, 0.29) is 61.0 Å². The lowest BCUT2D eigenvalue weighted by Crippen LogP contribution is -2.64. The smallest absolute Gasteiger partial charge is 0.269 e. The number of aryl methyl sites for hydroxylation is 1. The number of nitro groups is 1. The quantitative estimate of drug-likeness (QED) is 0.0256. The Morgan fingerprint density at radius 1 is 0.967 bits per heavy atom. The summed E-state index contributed by atoms with van der Waals surface area (Å²) < 4.78 is 20.9. The maximum absolute atomic E-state index is 11.3. The van der Waals surface area contributed by atoms with Crippen LogP contribution in [0.5, 0.6) is 17.2 Å². The van der Waals surface area contributed by atoms with Crippen LogP contribution in [0.1, 0.15) is 67.6 Å². The van der Waals surface area contributed by atoms with E-state index in [0.717, 1.165) is 76.7 Å². The Balaban J connectivity index is 1.35. The lowest BCUT2D eigenvalue weighted by Gasteiger charge is -2.58. The van der Waals surface area contributed by atoms with Crippen molar-refractivity contribution in [2.45, 2.75) is 79.8 Å². The molecule has 3 aliphatic rings. The number of non-ortho nitro benzene ring substituents is 1. The van der Waals surface area contributed by atoms with Crippen LogP contribution in [-0.2, 0) is 22.6 Å². The van der Waals surface area contributed by atoms with E-state index in [1.165, 1.54) is 17.7 Å². The number of aromatic nitrogens is 1. The molecule has 0 unspecified atom stereocenters. The summed E-state index contributed by atoms with van der Waals surface area (Å²) >= 11 is 3.49. The molecule has 2 aliphatic carbocycles. The minimum atomic E-state index is -1.10. The normalized spacial score (nSPS) is 23.3. The number of unbranched alkanes of at least 4 members (excludes halogenated alkanes) is 2. The second-order valence-corrected chi connectivity index (χ2v) is 17.9. The molecule has 1 saturated carbocycles. The van der Waals surface area contributed by atoms with Crippen LogP contribution in [0.4, 0.5) is 5.69 Å². The highest BCUT2D eigenvalue weighted by Gasteiger charge is 2.64. The van der Waals surface area contributed by atoms with Gasteiger partial charge < -0.3 is 29.3 Å². The number of hydrogen-bond donors (Lipinski definition) is 2. The molecule has 1 fully saturated rings. The number of ether oxygens (including phenoxy) is 3. The van der Waals surface area contributed by atoms with E-state index >= 15 is 0 Å². The zero-order valence-electron chi connectivity index (χ0n) is 34.6. The SMILES string of the molecule is C=CCO[C@@]12Oc3ccc(Oc4ccc(SC)cc4)cc3[C@H]3[C@H](CCCCO)[C@@H](CCCCO)C=C(C(=NOCc4ccc([N+](=O)[O-])cc4)C[C@@H]1SCCc1ccncc1)[C@H]32. The first-order chi connectivity index (χ1) is 29.9. The van der Waals surface area contributed by atoms with E-state index in [1.54, 1.807) is 30.0 Å². The molecule has 2 N–H and O–H groups in total. The van der Waals surface area contributed by atoms with Gasteiger partial charge in [0.05, 0.1) is 28.4 Å². The van der Waals surface area contributed by atoms with Crippen molar-refractivity contribution in [1.82, 2.24) is 4.98 Å². The molecule has 3 aromatic carbocycles. The lowest BCUT2D eigenvalue weighted by molar-refractivity contribution is -0.384. The number of thioether (sulfide) groups is 2. The van der Waals surface area contributed by atoms with Crippen LogP contribution in [0.3, 0.4) is 0 Å². The van der Waals surface area contributed by atoms with Gasteiger partial charge in [-0.3, -0.25) is 15.1 Å². The van der Waals surface area contributed by atoms with Crippen LogP contribution in [0.15, 0.2) is 126 Å². The van der Waals surface area contributed by atoms with Gasteiger partial charge in [-0.1, -0.05) is 30.1 Å². The molecule has 13 heteroatoms. The predicted octanol–water partition coefficient (Wildman–Crippen LogP) is 10.3. The number of fused-ring (bicyclic) bond motifs is 2. The topological polar surface area (TPSA) is 146 Å². The fourth-order valence-corrected chi connectivity index (χ4v) is 10.9. The zero-order chi connectivity index (χ0) is 42.6. The number of benzene rings is 3. The Kier molecular flexibility index (Phi) is 15.6. The summed E-state index contributed by atoms with van der Waals surface area (Å²) in [5, 5.41) is 35.9. The molecule has 7 rings (SSSR count). The Morgan fingerprint density at radius 2 is 1.70 bits per heavy atom. The highest BCUT2D eigenvalue weighted by atomic mass is 32.2. The fraction of sp³-hybridized carbons (Fsp3) is 0.417. The molecule has 0 amide bonds. The van der Waals surface area contributed by atoms with Gasteiger partial charge in [0.25, 0.3) is 5.69 Å². The summed E-state index contributed by atoms with van der Waals surface area (Å²) in [5.74, 6) is 1.80. The van der Waals surface area contributed by atoms with Crippen molar-refractivity contribution in [2.24, 2.45) is 22.9 Å². The van der Waals surface area contributed by atoms with Gasteiger partial charge in [0.15, 0.2) is 0 Å². The molecular weight excluding hydrogens is 811 g/mol. The maximum atomic E-state index is 11.3. The maximum Gasteiger partial charge on any atom is 0.269 e. The third kappa shape index (κ3) is 10.5. The van der Waals surface area contributed by atoms with Gasteiger partial charge in [-0.2, -0.15) is 11.8 Å². The molecular formula is C48H55N3O8S2. The fourth-order valence-electron chi connectivity index (χ4n) is 9.09. The van der Waals surface area contributed by atoms with E-state index in [2.05, 4.69) is 42.1 Å². The number of pyridine rings is 1. The lowest BCUT2D eigenvalue weighted by atomic mass is 9.56. The Bertz CT molecular complexity index is 2140. The van der Waals surface area contributed by atoms with Gasteiger partial charge in [-0.15, -0.1) is 18.3 Å². The summed E-state index contributed by atoms with van der Waals surface area (Å²) in [6, 6.07) is 24.6. The van der Waals surface area contributed by atoms with Gasteiger partial charge >= 0.3 is 0 Å². The number of aliphatic hydroxyl groups is 2. The van der Waals surface area contributed by atoms with E-state index in [4.69, 9.17) is 24.2 Å². The Morgan fingerprint density at radius 3 is 2.41 bits per heavy atom. The Hall–Kier alpha value is -4.66. The van der Waals surface area contributed by atoms with Crippen molar-refractivity contribution < 1.29 is 34.2 Å². The summed E-state index contributed by atoms with van der Waals surface area (Å²) in [7, 11) is 0. The molecule has 0 radical (unpaired) electrons. The number of oxime groups is 1. The number of allylic oxidation sites excluding steroid dienone is 1. The first-order valence-electron chi connectivity index (χ1n) is 21.1. The van der Waals surface area contributed by atoms with Crippen molar-refractivity contribution >= 4 is 34.9 Å². The van der Waals surface area contributed by atoms with E-state index < -0.39 is 10.7 Å². The third-order valence-corrected chi connectivity index (χ3v) is 14.0. The van der Waals surface area contributed by atoms with Crippen LogP contribution in [0.25, 0.3) is 0 Å². The predicted molar refractivity (Wildman–Crippen MR) is 242 cm³/mol. The van der Waals surface area contributed by atoms with Crippen molar-refractivity contribution in [3.8, 4) is 17.2 Å².